The van der Waals surface area contributed by atoms with Gasteiger partial charge in [-0.05, 0) is 23.8 Å². The van der Waals surface area contributed by atoms with Gasteiger partial charge in [0.05, 0.1) is 28.8 Å². The van der Waals surface area contributed by atoms with Gasteiger partial charge in [0.25, 0.3) is 0 Å². The normalized spacial score (nSPS) is 11.5. The Labute approximate surface area is 179 Å². The molecule has 0 spiro atoms. The van der Waals surface area contributed by atoms with Crippen molar-refractivity contribution in [3.05, 3.63) is 108 Å². The second-order valence-electron chi connectivity index (χ2n) is 7.25. The number of para-hydroxylation sites is 2. The topological polar surface area (TPSA) is 70.3 Å². The van der Waals surface area contributed by atoms with Gasteiger partial charge in [0, 0.05) is 17.3 Å². The van der Waals surface area contributed by atoms with Crippen molar-refractivity contribution < 1.29 is 0 Å². The molecule has 0 bridgehead atoms. The molecule has 148 valence electrons. The third kappa shape index (κ3) is 3.87. The van der Waals surface area contributed by atoms with Crippen LogP contribution in [-0.2, 0) is 6.54 Å². The van der Waals surface area contributed by atoms with Crippen LogP contribution in [0, 0.1) is 11.3 Å². The maximum absolute atomic E-state index is 9.86. The van der Waals surface area contributed by atoms with Crippen molar-refractivity contribution in [1.29, 1.82) is 5.26 Å². The lowest BCUT2D eigenvalue weighted by Gasteiger charge is -2.01. The van der Waals surface area contributed by atoms with Crippen LogP contribution in [0.25, 0.3) is 33.9 Å². The number of fused-ring (bicyclic) bond motifs is 1. The molecule has 0 saturated carbocycles. The highest BCUT2D eigenvalue weighted by molar-refractivity contribution is 5.92. The Kier molecular flexibility index (Phi) is 4.88. The van der Waals surface area contributed by atoms with Crippen LogP contribution in [0.15, 0.2) is 91.1 Å². The summed E-state index contributed by atoms with van der Waals surface area (Å²) >= 11 is 0. The van der Waals surface area contributed by atoms with E-state index in [9.17, 15) is 5.26 Å². The molecule has 2 aromatic heterocycles. The lowest BCUT2D eigenvalue weighted by atomic mass is 10.1. The highest BCUT2D eigenvalue weighted by atomic mass is 15.3. The van der Waals surface area contributed by atoms with E-state index >= 15 is 0 Å². The van der Waals surface area contributed by atoms with Crippen LogP contribution in [-0.4, -0.2) is 19.7 Å². The Morgan fingerprint density at radius 1 is 0.935 bits per heavy atom. The molecule has 0 amide bonds. The number of rotatable bonds is 5. The molecule has 0 aliphatic rings. The first-order valence-corrected chi connectivity index (χ1v) is 10.0. The molecule has 5 heteroatoms. The number of aromatic nitrogens is 4. The summed E-state index contributed by atoms with van der Waals surface area (Å²) in [5.74, 6) is 0.554. The van der Waals surface area contributed by atoms with Crippen molar-refractivity contribution >= 4 is 22.7 Å². The Morgan fingerprint density at radius 3 is 2.39 bits per heavy atom. The fraction of sp³-hybridized carbons (Fsp3) is 0.0385. The van der Waals surface area contributed by atoms with Crippen molar-refractivity contribution in [2.45, 2.75) is 6.54 Å². The monoisotopic (exact) mass is 401 g/mol. The number of hydrogen-bond acceptors (Lipinski definition) is 3. The standard InChI is InChI=1S/C26H19N5/c27-16-21(26-28-23-13-7-8-14-24(23)29-26)15-22-18-31(17-19-9-3-1-4-10-19)30-25(22)20-11-5-2-6-12-20/h1-15,18H,17H2,(H,28,29). The van der Waals surface area contributed by atoms with E-state index in [-0.39, 0.29) is 0 Å². The molecule has 0 atom stereocenters. The average Bonchev–Trinajstić information content (AvgIpc) is 3.42. The van der Waals surface area contributed by atoms with Crippen LogP contribution in [0.1, 0.15) is 17.0 Å². The molecule has 3 aromatic carbocycles. The largest absolute Gasteiger partial charge is 0.337 e. The Bertz CT molecular complexity index is 1370. The molecule has 0 saturated heterocycles. The summed E-state index contributed by atoms with van der Waals surface area (Å²) in [6.07, 6.45) is 3.84. The molecular formula is C26H19N5. The van der Waals surface area contributed by atoms with Crippen LogP contribution >= 0.6 is 0 Å². The third-order valence-corrected chi connectivity index (χ3v) is 5.09. The Morgan fingerprint density at radius 2 is 1.65 bits per heavy atom. The molecule has 0 aliphatic heterocycles. The summed E-state index contributed by atoms with van der Waals surface area (Å²) in [5.41, 5.74) is 6.08. The number of nitrogens with zero attached hydrogens (tertiary/aromatic N) is 4. The molecule has 5 aromatic rings. The number of imidazole rings is 1. The average molecular weight is 401 g/mol. The molecule has 0 radical (unpaired) electrons. The van der Waals surface area contributed by atoms with Gasteiger partial charge < -0.3 is 4.98 Å². The summed E-state index contributed by atoms with van der Waals surface area (Å²) in [5, 5.41) is 14.7. The maximum Gasteiger partial charge on any atom is 0.149 e. The molecule has 5 rings (SSSR count). The molecule has 2 heterocycles. The number of nitrogens with one attached hydrogen (secondary N) is 1. The molecule has 31 heavy (non-hydrogen) atoms. The first-order chi connectivity index (χ1) is 15.3. The lowest BCUT2D eigenvalue weighted by Crippen LogP contribution is -1.99. The zero-order chi connectivity index (χ0) is 21.0. The quantitative estimate of drug-likeness (QED) is 0.393. The third-order valence-electron chi connectivity index (χ3n) is 5.09. The number of hydrogen-bond donors (Lipinski definition) is 1. The van der Waals surface area contributed by atoms with Gasteiger partial charge in [-0.2, -0.15) is 10.4 Å². The molecule has 0 fully saturated rings. The maximum atomic E-state index is 9.86. The summed E-state index contributed by atoms with van der Waals surface area (Å²) in [4.78, 5) is 7.83. The van der Waals surface area contributed by atoms with Crippen LogP contribution in [0.5, 0.6) is 0 Å². The fourth-order valence-electron chi connectivity index (χ4n) is 3.60. The zero-order valence-corrected chi connectivity index (χ0v) is 16.7. The number of H-pyrrole nitrogens is 1. The van der Waals surface area contributed by atoms with Crippen molar-refractivity contribution in [3.8, 4) is 17.3 Å². The first-order valence-electron chi connectivity index (χ1n) is 10.0. The van der Waals surface area contributed by atoms with E-state index in [1.165, 1.54) is 0 Å². The van der Waals surface area contributed by atoms with Gasteiger partial charge in [0.15, 0.2) is 0 Å². The smallest absolute Gasteiger partial charge is 0.149 e. The number of aromatic amines is 1. The summed E-state index contributed by atoms with van der Waals surface area (Å²) in [6.45, 7) is 0.654. The Hall–Kier alpha value is -4.43. The van der Waals surface area contributed by atoms with Gasteiger partial charge in [0.1, 0.15) is 11.9 Å². The Balaban J connectivity index is 1.59. The highest BCUT2D eigenvalue weighted by Gasteiger charge is 2.13. The summed E-state index contributed by atoms with van der Waals surface area (Å²) in [7, 11) is 0. The molecular weight excluding hydrogens is 382 g/mol. The van der Waals surface area contributed by atoms with Gasteiger partial charge in [-0.15, -0.1) is 0 Å². The second-order valence-corrected chi connectivity index (χ2v) is 7.25. The van der Waals surface area contributed by atoms with E-state index in [4.69, 9.17) is 5.10 Å². The predicted octanol–water partition coefficient (Wildman–Crippen LogP) is 5.54. The summed E-state index contributed by atoms with van der Waals surface area (Å²) < 4.78 is 1.91. The fourth-order valence-corrected chi connectivity index (χ4v) is 3.60. The minimum Gasteiger partial charge on any atom is -0.337 e. The van der Waals surface area contributed by atoms with Crippen molar-refractivity contribution in [1.82, 2.24) is 19.7 Å². The number of benzene rings is 3. The highest BCUT2D eigenvalue weighted by Crippen LogP contribution is 2.27. The van der Waals surface area contributed by atoms with Crippen LogP contribution in [0.2, 0.25) is 0 Å². The van der Waals surface area contributed by atoms with Gasteiger partial charge in [-0.25, -0.2) is 4.98 Å². The van der Waals surface area contributed by atoms with Crippen LogP contribution in [0.4, 0.5) is 0 Å². The number of nitriles is 1. The van der Waals surface area contributed by atoms with Crippen molar-refractivity contribution in [2.24, 2.45) is 0 Å². The molecule has 5 nitrogen and oxygen atoms in total. The molecule has 0 unspecified atom stereocenters. The van der Waals surface area contributed by atoms with Gasteiger partial charge in [-0.1, -0.05) is 72.8 Å². The minimum absolute atomic E-state index is 0.465. The van der Waals surface area contributed by atoms with Crippen LogP contribution in [0.3, 0.4) is 0 Å². The van der Waals surface area contributed by atoms with Gasteiger partial charge in [0.2, 0.25) is 0 Å². The van der Waals surface area contributed by atoms with Crippen molar-refractivity contribution in [2.75, 3.05) is 0 Å². The van der Waals surface area contributed by atoms with E-state index in [0.717, 1.165) is 33.4 Å². The first kappa shape index (κ1) is 18.6. The number of allylic oxidation sites excluding steroid dienone is 1. The van der Waals surface area contributed by atoms with Gasteiger partial charge in [-0.3, -0.25) is 4.68 Å². The van der Waals surface area contributed by atoms with E-state index in [0.29, 0.717) is 17.9 Å². The van der Waals surface area contributed by atoms with E-state index in [1.54, 1.807) is 0 Å². The van der Waals surface area contributed by atoms with Crippen molar-refractivity contribution in [3.63, 3.8) is 0 Å². The van der Waals surface area contributed by atoms with E-state index in [2.05, 4.69) is 28.2 Å². The molecule has 1 N–H and O–H groups in total. The minimum atomic E-state index is 0.465. The zero-order valence-electron chi connectivity index (χ0n) is 16.7. The lowest BCUT2D eigenvalue weighted by molar-refractivity contribution is 0.689. The second kappa shape index (κ2) is 8.13. The molecule has 0 aliphatic carbocycles. The summed E-state index contributed by atoms with van der Waals surface area (Å²) in [6, 6.07) is 30.3. The van der Waals surface area contributed by atoms with E-state index < -0.39 is 0 Å². The van der Waals surface area contributed by atoms with Crippen LogP contribution < -0.4 is 0 Å². The van der Waals surface area contributed by atoms with E-state index in [1.807, 2.05) is 89.8 Å². The SMILES string of the molecule is N#CC(=Cc1cn(Cc2ccccc2)nc1-c1ccccc1)c1nc2ccccc2[nH]1. The predicted molar refractivity (Wildman–Crippen MR) is 123 cm³/mol. The van der Waals surface area contributed by atoms with Gasteiger partial charge >= 0.3 is 0 Å².